The Balaban J connectivity index is 1.13. The minimum absolute atomic E-state index is 0.245. The van der Waals surface area contributed by atoms with Crippen LogP contribution in [0.25, 0.3) is 33.7 Å². The number of nitrogens with zero attached hydrogens (tertiary/aromatic N) is 3. The van der Waals surface area contributed by atoms with Crippen molar-refractivity contribution in [3.63, 3.8) is 0 Å². The van der Waals surface area contributed by atoms with Crippen molar-refractivity contribution in [2.75, 3.05) is 18.4 Å². The third-order valence-corrected chi connectivity index (χ3v) is 6.87. The Hall–Kier alpha value is -4.30. The molecule has 0 aliphatic carbocycles. The smallest absolute Gasteiger partial charge is 0.261 e. The minimum atomic E-state index is -0.279. The maximum atomic E-state index is 13.1. The zero-order chi connectivity index (χ0) is 24.6. The average Bonchev–Trinajstić information content (AvgIpc) is 3.41. The molecule has 4 aromatic carbocycles. The van der Waals surface area contributed by atoms with Crippen LogP contribution in [0.1, 0.15) is 20.7 Å². The topological polar surface area (TPSA) is 88.3 Å². The summed E-state index contributed by atoms with van der Waals surface area (Å²) in [5.74, 6) is 0.343. The summed E-state index contributed by atoms with van der Waals surface area (Å²) in [6.07, 6.45) is 0. The summed E-state index contributed by atoms with van der Waals surface area (Å²) < 4.78 is 6.67. The summed E-state index contributed by atoms with van der Waals surface area (Å²) in [7, 11) is 0. The highest BCUT2D eigenvalue weighted by Gasteiger charge is 2.32. The van der Waals surface area contributed by atoms with Crippen molar-refractivity contribution >= 4 is 44.2 Å². The monoisotopic (exact) mass is 538 g/mol. The Labute approximate surface area is 214 Å². The van der Waals surface area contributed by atoms with Gasteiger partial charge in [-0.15, -0.1) is 10.2 Å². The number of aromatic nitrogens is 2. The number of nitrogens with one attached hydrogen (secondary N) is 1. The highest BCUT2D eigenvalue weighted by atomic mass is 79.9. The zero-order valence-electron chi connectivity index (χ0n) is 18.9. The van der Waals surface area contributed by atoms with E-state index in [1.165, 1.54) is 4.90 Å². The van der Waals surface area contributed by atoms with E-state index >= 15 is 0 Å². The van der Waals surface area contributed by atoms with Crippen LogP contribution in [0.3, 0.4) is 0 Å². The average molecular weight is 539 g/mol. The first kappa shape index (κ1) is 22.2. The fourth-order valence-corrected chi connectivity index (χ4v) is 4.86. The van der Waals surface area contributed by atoms with Gasteiger partial charge in [-0.3, -0.25) is 14.5 Å². The van der Waals surface area contributed by atoms with Gasteiger partial charge in [-0.1, -0.05) is 46.3 Å². The van der Waals surface area contributed by atoms with Crippen molar-refractivity contribution in [3.05, 3.63) is 101 Å². The number of hydrogen-bond donors (Lipinski definition) is 1. The van der Waals surface area contributed by atoms with E-state index in [9.17, 15) is 9.59 Å². The van der Waals surface area contributed by atoms with E-state index in [1.807, 2.05) is 72.8 Å². The van der Waals surface area contributed by atoms with Gasteiger partial charge in [0, 0.05) is 50.9 Å². The summed E-state index contributed by atoms with van der Waals surface area (Å²) >= 11 is 3.51. The molecule has 0 unspecified atom stereocenters. The van der Waals surface area contributed by atoms with Crippen molar-refractivity contribution in [2.24, 2.45) is 0 Å². The van der Waals surface area contributed by atoms with E-state index in [0.29, 0.717) is 34.8 Å². The van der Waals surface area contributed by atoms with Crippen molar-refractivity contribution in [1.29, 1.82) is 0 Å². The lowest BCUT2D eigenvalue weighted by Crippen LogP contribution is -2.42. The normalized spacial score (nSPS) is 12.9. The van der Waals surface area contributed by atoms with Gasteiger partial charge in [-0.25, -0.2) is 0 Å². The summed E-state index contributed by atoms with van der Waals surface area (Å²) in [5, 5.41) is 13.1. The molecule has 1 aliphatic rings. The third kappa shape index (κ3) is 3.85. The zero-order valence-corrected chi connectivity index (χ0v) is 20.5. The molecule has 5 aromatic rings. The van der Waals surface area contributed by atoms with Crippen molar-refractivity contribution < 1.29 is 14.0 Å². The predicted octanol–water partition coefficient (Wildman–Crippen LogP) is 6.03. The summed E-state index contributed by atoms with van der Waals surface area (Å²) in [6, 6.07) is 26.3. The molecule has 36 heavy (non-hydrogen) atoms. The van der Waals surface area contributed by atoms with Crippen LogP contribution in [0.2, 0.25) is 0 Å². The maximum Gasteiger partial charge on any atom is 0.261 e. The number of halogens is 1. The molecule has 1 aromatic heterocycles. The highest BCUT2D eigenvalue weighted by molar-refractivity contribution is 9.10. The van der Waals surface area contributed by atoms with Crippen LogP contribution in [0, 0.1) is 0 Å². The lowest BCUT2D eigenvalue weighted by atomic mass is 9.94. The van der Waals surface area contributed by atoms with E-state index in [0.717, 1.165) is 26.7 Å². The molecule has 0 atom stereocenters. The number of rotatable bonds is 6. The number of hydrogen-bond acceptors (Lipinski definition) is 6. The lowest BCUT2D eigenvalue weighted by molar-refractivity contribution is 0.0617. The molecule has 0 spiro atoms. The molecule has 176 valence electrons. The van der Waals surface area contributed by atoms with Crippen LogP contribution in [0.15, 0.2) is 93.8 Å². The molecule has 8 heteroatoms. The first-order chi connectivity index (χ1) is 17.6. The van der Waals surface area contributed by atoms with Crippen LogP contribution in [-0.2, 0) is 0 Å². The highest BCUT2D eigenvalue weighted by Crippen LogP contribution is 2.34. The Morgan fingerprint density at radius 1 is 0.750 bits per heavy atom. The molecule has 0 radical (unpaired) electrons. The second-order valence-corrected chi connectivity index (χ2v) is 9.22. The fraction of sp³-hybridized carbons (Fsp3) is 0.0714. The largest absolute Gasteiger partial charge is 0.416 e. The number of carbonyl (C=O) groups is 2. The van der Waals surface area contributed by atoms with E-state index < -0.39 is 0 Å². The molecule has 6 rings (SSSR count). The van der Waals surface area contributed by atoms with E-state index in [2.05, 4.69) is 31.4 Å². The van der Waals surface area contributed by atoms with E-state index in [1.54, 1.807) is 12.1 Å². The Morgan fingerprint density at radius 3 is 2.14 bits per heavy atom. The third-order valence-electron chi connectivity index (χ3n) is 6.18. The Morgan fingerprint density at radius 2 is 1.42 bits per heavy atom. The standard InChI is InChI=1S/C28H19BrN4O3/c29-23-14-13-22-24-20(23)7-4-8-21(24)27(34)33(28(22)35)16-15-30-19-11-9-18(10-12-19)26-32-31-25(36-26)17-5-2-1-3-6-17/h1-14,30H,15-16H2. The van der Waals surface area contributed by atoms with Crippen LogP contribution in [0.5, 0.6) is 0 Å². The molecular weight excluding hydrogens is 520 g/mol. The summed E-state index contributed by atoms with van der Waals surface area (Å²) in [6.45, 7) is 0.660. The Bertz CT molecular complexity index is 1590. The van der Waals surface area contributed by atoms with E-state index in [4.69, 9.17) is 4.42 Å². The SMILES string of the molecule is O=C1c2cccc3c(Br)ccc(c23)C(=O)N1CCNc1ccc(-c2nnc(-c3ccccc3)o2)cc1. The van der Waals surface area contributed by atoms with Crippen molar-refractivity contribution in [3.8, 4) is 22.9 Å². The molecule has 1 N–H and O–H groups in total. The second kappa shape index (κ2) is 9.05. The molecule has 0 fully saturated rings. The number of carbonyl (C=O) groups excluding carboxylic acids is 2. The van der Waals surface area contributed by atoms with Crippen LogP contribution in [0.4, 0.5) is 5.69 Å². The van der Waals surface area contributed by atoms with Gasteiger partial charge in [0.15, 0.2) is 0 Å². The van der Waals surface area contributed by atoms with Gasteiger partial charge < -0.3 is 9.73 Å². The molecule has 0 saturated heterocycles. The van der Waals surface area contributed by atoms with Crippen molar-refractivity contribution in [1.82, 2.24) is 15.1 Å². The number of benzene rings is 4. The summed E-state index contributed by atoms with van der Waals surface area (Å²) in [5.41, 5.74) is 3.60. The quantitative estimate of drug-likeness (QED) is 0.265. The second-order valence-electron chi connectivity index (χ2n) is 8.37. The minimum Gasteiger partial charge on any atom is -0.416 e. The number of anilines is 1. The molecule has 0 saturated carbocycles. The van der Waals surface area contributed by atoms with Gasteiger partial charge in [0.25, 0.3) is 11.8 Å². The first-order valence-electron chi connectivity index (χ1n) is 11.4. The number of imide groups is 1. The molecule has 2 amide bonds. The lowest BCUT2D eigenvalue weighted by Gasteiger charge is -2.27. The molecule has 1 aliphatic heterocycles. The van der Waals surface area contributed by atoms with Gasteiger partial charge in [0.05, 0.1) is 0 Å². The van der Waals surface area contributed by atoms with Gasteiger partial charge in [0.1, 0.15) is 0 Å². The Kier molecular flexibility index (Phi) is 5.58. The van der Waals surface area contributed by atoms with E-state index in [-0.39, 0.29) is 18.4 Å². The summed E-state index contributed by atoms with van der Waals surface area (Å²) in [4.78, 5) is 27.5. The van der Waals surface area contributed by atoms with Crippen LogP contribution in [-0.4, -0.2) is 40.0 Å². The van der Waals surface area contributed by atoms with Gasteiger partial charge in [-0.2, -0.15) is 0 Å². The van der Waals surface area contributed by atoms with Crippen LogP contribution < -0.4 is 5.32 Å². The molecule has 0 bridgehead atoms. The fourth-order valence-electron chi connectivity index (χ4n) is 4.39. The van der Waals surface area contributed by atoms with Gasteiger partial charge >= 0.3 is 0 Å². The maximum absolute atomic E-state index is 13.1. The first-order valence-corrected chi connectivity index (χ1v) is 12.2. The predicted molar refractivity (Wildman–Crippen MR) is 141 cm³/mol. The van der Waals surface area contributed by atoms with Gasteiger partial charge in [0.2, 0.25) is 11.8 Å². The molecule has 7 nitrogen and oxygen atoms in total. The molecule has 2 heterocycles. The van der Waals surface area contributed by atoms with Gasteiger partial charge in [-0.05, 0) is 60.0 Å². The molecular formula is C28H19BrN4O3. The number of amides is 2. The van der Waals surface area contributed by atoms with Crippen molar-refractivity contribution in [2.45, 2.75) is 0 Å². The van der Waals surface area contributed by atoms with Crippen LogP contribution >= 0.6 is 15.9 Å².